The fourth-order valence-electron chi connectivity index (χ4n) is 1.80. The van der Waals surface area contributed by atoms with Gasteiger partial charge in [-0.2, -0.15) is 0 Å². The first kappa shape index (κ1) is 14.8. The van der Waals surface area contributed by atoms with Gasteiger partial charge in [0.05, 0.1) is 7.11 Å². The van der Waals surface area contributed by atoms with Crippen LogP contribution in [0, 0.1) is 5.92 Å². The molecule has 2 unspecified atom stereocenters. The van der Waals surface area contributed by atoms with Crippen LogP contribution in [0.25, 0.3) is 0 Å². The first-order chi connectivity index (χ1) is 8.49. The van der Waals surface area contributed by atoms with Crippen LogP contribution >= 0.6 is 0 Å². The molecule has 4 nitrogen and oxygen atoms in total. The Balaban J connectivity index is 2.72. The van der Waals surface area contributed by atoms with Gasteiger partial charge in [0.15, 0.2) is 0 Å². The normalized spacial score (nSPS) is 14.6. The lowest BCUT2D eigenvalue weighted by Crippen LogP contribution is -2.35. The first-order valence-corrected chi connectivity index (χ1v) is 6.16. The van der Waals surface area contributed by atoms with Gasteiger partial charge in [-0.05, 0) is 26.0 Å². The highest BCUT2D eigenvalue weighted by Gasteiger charge is 2.17. The number of hydrogen-bond acceptors (Lipinski definition) is 4. The second-order valence-electron chi connectivity index (χ2n) is 4.81. The Kier molecular flexibility index (Phi) is 5.44. The fraction of sp³-hybridized carbons (Fsp3) is 0.571. The van der Waals surface area contributed by atoms with Crippen molar-refractivity contribution in [3.63, 3.8) is 0 Å². The molecule has 0 heterocycles. The third-order valence-corrected chi connectivity index (χ3v) is 3.52. The van der Waals surface area contributed by atoms with Crippen molar-refractivity contribution in [3.05, 3.63) is 23.8 Å². The quantitative estimate of drug-likeness (QED) is 0.812. The molecule has 0 amide bonds. The Hall–Kier alpha value is -1.26. The first-order valence-electron chi connectivity index (χ1n) is 6.16. The van der Waals surface area contributed by atoms with Crippen LogP contribution in [-0.2, 0) is 6.54 Å². The summed E-state index contributed by atoms with van der Waals surface area (Å²) in [5.74, 6) is 1.09. The van der Waals surface area contributed by atoms with Crippen molar-refractivity contribution < 1.29 is 14.9 Å². The van der Waals surface area contributed by atoms with Gasteiger partial charge in [0.2, 0.25) is 0 Å². The second kappa shape index (κ2) is 6.61. The molecular weight excluding hydrogens is 230 g/mol. The highest BCUT2D eigenvalue weighted by atomic mass is 16.5. The number of phenols is 1. The van der Waals surface area contributed by atoms with Gasteiger partial charge in [0.25, 0.3) is 0 Å². The Morgan fingerprint density at radius 3 is 2.50 bits per heavy atom. The summed E-state index contributed by atoms with van der Waals surface area (Å²) in [4.78, 5) is 2.11. The summed E-state index contributed by atoms with van der Waals surface area (Å²) in [6, 6.07) is 5.56. The number of hydrogen-bond donors (Lipinski definition) is 2. The van der Waals surface area contributed by atoms with E-state index < -0.39 is 0 Å². The van der Waals surface area contributed by atoms with Gasteiger partial charge < -0.3 is 14.9 Å². The van der Waals surface area contributed by atoms with E-state index in [0.29, 0.717) is 12.3 Å². The molecule has 0 bridgehead atoms. The van der Waals surface area contributed by atoms with Crippen molar-refractivity contribution in [3.8, 4) is 11.5 Å². The summed E-state index contributed by atoms with van der Waals surface area (Å²) in [5, 5.41) is 19.0. The summed E-state index contributed by atoms with van der Waals surface area (Å²) in [6.45, 7) is 4.89. The molecule has 18 heavy (non-hydrogen) atoms. The molecule has 1 aromatic carbocycles. The maximum absolute atomic E-state index is 9.89. The smallest absolute Gasteiger partial charge is 0.123 e. The number of aromatic hydroxyl groups is 1. The number of aliphatic hydroxyl groups excluding tert-OH is 1. The minimum atomic E-state index is 0.167. The lowest BCUT2D eigenvalue weighted by molar-refractivity contribution is 0.132. The molecule has 0 aliphatic heterocycles. The molecule has 2 N–H and O–H groups in total. The van der Waals surface area contributed by atoms with Crippen LogP contribution in [0.15, 0.2) is 18.2 Å². The SMILES string of the molecule is COc1ccc(CN(C)C(C)C(C)CO)c(O)c1. The molecule has 0 radical (unpaired) electrons. The van der Waals surface area contributed by atoms with E-state index in [0.717, 1.165) is 5.56 Å². The molecule has 0 aliphatic rings. The molecule has 0 saturated carbocycles. The molecule has 0 spiro atoms. The minimum absolute atomic E-state index is 0.167. The molecule has 0 aliphatic carbocycles. The Labute approximate surface area is 109 Å². The second-order valence-corrected chi connectivity index (χ2v) is 4.81. The van der Waals surface area contributed by atoms with Crippen molar-refractivity contribution in [1.82, 2.24) is 4.90 Å². The van der Waals surface area contributed by atoms with Crippen LogP contribution in [0.5, 0.6) is 11.5 Å². The Bertz CT molecular complexity index is 381. The molecule has 0 fully saturated rings. The van der Waals surface area contributed by atoms with Crippen LogP contribution in [0.4, 0.5) is 0 Å². The standard InChI is InChI=1S/C14H23NO3/c1-10(9-16)11(2)15(3)8-12-5-6-13(18-4)7-14(12)17/h5-7,10-11,16-17H,8-9H2,1-4H3. The number of ether oxygens (including phenoxy) is 1. The van der Waals surface area contributed by atoms with Crippen LogP contribution in [0.1, 0.15) is 19.4 Å². The van der Waals surface area contributed by atoms with Crippen molar-refractivity contribution in [2.45, 2.75) is 26.4 Å². The van der Waals surface area contributed by atoms with Crippen molar-refractivity contribution in [2.24, 2.45) is 5.92 Å². The Morgan fingerprint density at radius 2 is 2.00 bits per heavy atom. The van der Waals surface area contributed by atoms with Gasteiger partial charge in [-0.1, -0.05) is 13.0 Å². The Morgan fingerprint density at radius 1 is 1.33 bits per heavy atom. The molecule has 0 aromatic heterocycles. The molecule has 102 valence electrons. The summed E-state index contributed by atoms with van der Waals surface area (Å²) in [7, 11) is 3.56. The van der Waals surface area contributed by atoms with Gasteiger partial charge in [0, 0.05) is 30.8 Å². The van der Waals surface area contributed by atoms with Crippen LogP contribution in [-0.4, -0.2) is 41.9 Å². The summed E-state index contributed by atoms with van der Waals surface area (Å²) < 4.78 is 5.05. The summed E-state index contributed by atoms with van der Waals surface area (Å²) in [6.07, 6.45) is 0. The lowest BCUT2D eigenvalue weighted by Gasteiger charge is -2.29. The average Bonchev–Trinajstić information content (AvgIpc) is 2.38. The van der Waals surface area contributed by atoms with Crippen molar-refractivity contribution >= 4 is 0 Å². The average molecular weight is 253 g/mol. The number of rotatable bonds is 6. The maximum atomic E-state index is 9.89. The van der Waals surface area contributed by atoms with Gasteiger partial charge in [-0.25, -0.2) is 0 Å². The molecular formula is C14H23NO3. The molecule has 0 saturated heterocycles. The molecule has 4 heteroatoms. The highest BCUT2D eigenvalue weighted by molar-refractivity contribution is 5.39. The topological polar surface area (TPSA) is 52.9 Å². The van der Waals surface area contributed by atoms with Crippen LogP contribution in [0.3, 0.4) is 0 Å². The van der Waals surface area contributed by atoms with Gasteiger partial charge in [-0.15, -0.1) is 0 Å². The van der Waals surface area contributed by atoms with Gasteiger partial charge >= 0.3 is 0 Å². The third kappa shape index (κ3) is 3.62. The number of aliphatic hydroxyl groups is 1. The predicted octanol–water partition coefficient (Wildman–Crippen LogP) is 1.85. The van der Waals surface area contributed by atoms with Crippen molar-refractivity contribution in [1.29, 1.82) is 0 Å². The number of benzene rings is 1. The zero-order chi connectivity index (χ0) is 13.7. The van der Waals surface area contributed by atoms with E-state index in [9.17, 15) is 5.11 Å². The van der Waals surface area contributed by atoms with Crippen LogP contribution < -0.4 is 4.74 Å². The molecule has 1 rings (SSSR count). The van der Waals surface area contributed by atoms with E-state index >= 15 is 0 Å². The number of phenolic OH excluding ortho intramolecular Hbond substituents is 1. The lowest BCUT2D eigenvalue weighted by atomic mass is 10.0. The predicted molar refractivity (Wildman–Crippen MR) is 71.8 cm³/mol. The van der Waals surface area contributed by atoms with E-state index in [2.05, 4.69) is 11.8 Å². The highest BCUT2D eigenvalue weighted by Crippen LogP contribution is 2.25. The van der Waals surface area contributed by atoms with E-state index in [1.165, 1.54) is 0 Å². The van der Waals surface area contributed by atoms with E-state index in [4.69, 9.17) is 9.84 Å². The summed E-state index contributed by atoms with van der Waals surface area (Å²) >= 11 is 0. The molecule has 1 aromatic rings. The zero-order valence-corrected chi connectivity index (χ0v) is 11.6. The number of methoxy groups -OCH3 is 1. The number of nitrogens with zero attached hydrogens (tertiary/aromatic N) is 1. The van der Waals surface area contributed by atoms with E-state index in [-0.39, 0.29) is 24.3 Å². The zero-order valence-electron chi connectivity index (χ0n) is 11.6. The van der Waals surface area contributed by atoms with Crippen LogP contribution in [0.2, 0.25) is 0 Å². The largest absolute Gasteiger partial charge is 0.507 e. The maximum Gasteiger partial charge on any atom is 0.123 e. The summed E-state index contributed by atoms with van der Waals surface area (Å²) in [5.41, 5.74) is 0.857. The van der Waals surface area contributed by atoms with E-state index in [1.54, 1.807) is 13.2 Å². The third-order valence-electron chi connectivity index (χ3n) is 3.52. The van der Waals surface area contributed by atoms with E-state index in [1.807, 2.05) is 26.1 Å². The molecule has 2 atom stereocenters. The monoisotopic (exact) mass is 253 g/mol. The van der Waals surface area contributed by atoms with Gasteiger partial charge in [-0.3, -0.25) is 4.90 Å². The minimum Gasteiger partial charge on any atom is -0.507 e. The van der Waals surface area contributed by atoms with Gasteiger partial charge in [0.1, 0.15) is 11.5 Å². The fourth-order valence-corrected chi connectivity index (χ4v) is 1.80. The van der Waals surface area contributed by atoms with Crippen molar-refractivity contribution in [2.75, 3.05) is 20.8 Å².